The zero-order valence-electron chi connectivity index (χ0n) is 12.5. The van der Waals surface area contributed by atoms with Crippen LogP contribution >= 0.6 is 66.7 Å². The Balaban J connectivity index is 1.87. The summed E-state index contributed by atoms with van der Waals surface area (Å²) in [6.45, 7) is 1.78. The lowest BCUT2D eigenvalue weighted by molar-refractivity contribution is -0.121. The molecule has 8 heteroatoms. The summed E-state index contributed by atoms with van der Waals surface area (Å²) in [5.41, 5.74) is 1.73. The van der Waals surface area contributed by atoms with Gasteiger partial charge in [-0.3, -0.25) is 10.1 Å². The minimum absolute atomic E-state index is 0.129. The van der Waals surface area contributed by atoms with Gasteiger partial charge in [0.1, 0.15) is 5.75 Å². The summed E-state index contributed by atoms with van der Waals surface area (Å²) >= 11 is 14.2. The molecule has 0 aromatic heterocycles. The van der Waals surface area contributed by atoms with Crippen molar-refractivity contribution >= 4 is 83.4 Å². The number of benzene rings is 2. The lowest BCUT2D eigenvalue weighted by atomic mass is 10.2. The van der Waals surface area contributed by atoms with Gasteiger partial charge >= 0.3 is 0 Å². The molecule has 0 radical (unpaired) electrons. The van der Waals surface area contributed by atoms with Crippen LogP contribution in [0.5, 0.6) is 5.75 Å². The molecule has 4 nitrogen and oxygen atoms in total. The topological polar surface area (TPSA) is 50.4 Å². The molecular weight excluding hydrogens is 571 g/mol. The first-order chi connectivity index (χ1) is 11.3. The summed E-state index contributed by atoms with van der Waals surface area (Å²) in [6, 6.07) is 11.5. The van der Waals surface area contributed by atoms with Crippen molar-refractivity contribution in [1.29, 1.82) is 0 Å². The summed E-state index contributed by atoms with van der Waals surface area (Å²) in [7, 11) is 0. The van der Waals surface area contributed by atoms with Gasteiger partial charge < -0.3 is 10.1 Å². The first-order valence-electron chi connectivity index (χ1n) is 6.80. The van der Waals surface area contributed by atoms with Gasteiger partial charge in [0.2, 0.25) is 0 Å². The number of thiocarbonyl (C=S) groups is 1. The van der Waals surface area contributed by atoms with Gasteiger partial charge in [-0.05, 0) is 99.6 Å². The van der Waals surface area contributed by atoms with Crippen molar-refractivity contribution < 1.29 is 9.53 Å². The molecule has 0 aliphatic heterocycles. The van der Waals surface area contributed by atoms with Crippen LogP contribution in [0, 0.1) is 10.5 Å². The molecule has 0 aliphatic carbocycles. The first kappa shape index (κ1) is 19.6. The molecule has 0 bridgehead atoms. The van der Waals surface area contributed by atoms with E-state index in [1.54, 1.807) is 0 Å². The third-order valence-electron chi connectivity index (χ3n) is 2.90. The number of carbonyl (C=O) groups excluding carboxylic acids is 1. The highest BCUT2D eigenvalue weighted by Crippen LogP contribution is 2.32. The van der Waals surface area contributed by atoms with E-state index >= 15 is 0 Å². The van der Waals surface area contributed by atoms with Crippen molar-refractivity contribution in [2.75, 3.05) is 11.9 Å². The number of aryl methyl sites for hydroxylation is 1. The second-order valence-electron chi connectivity index (χ2n) is 4.83. The third-order valence-corrected chi connectivity index (χ3v) is 4.87. The Hall–Kier alpha value is -0.710. The van der Waals surface area contributed by atoms with Crippen LogP contribution < -0.4 is 15.4 Å². The van der Waals surface area contributed by atoms with Gasteiger partial charge in [0.15, 0.2) is 11.7 Å². The normalized spacial score (nSPS) is 10.2. The number of amides is 1. The Labute approximate surface area is 176 Å². The van der Waals surface area contributed by atoms with E-state index in [4.69, 9.17) is 17.0 Å². The van der Waals surface area contributed by atoms with E-state index in [-0.39, 0.29) is 17.6 Å². The number of ether oxygens (including phenoxy) is 1. The Bertz CT molecular complexity index is 746. The molecular formula is C16H13Br2IN2O2S. The lowest BCUT2D eigenvalue weighted by Gasteiger charge is -2.13. The Morgan fingerprint density at radius 3 is 2.54 bits per heavy atom. The van der Waals surface area contributed by atoms with Gasteiger partial charge in [-0.2, -0.15) is 0 Å². The molecule has 0 unspecified atom stereocenters. The Morgan fingerprint density at radius 2 is 1.92 bits per heavy atom. The van der Waals surface area contributed by atoms with Crippen LogP contribution in [0.1, 0.15) is 5.56 Å². The zero-order chi connectivity index (χ0) is 17.7. The number of hydrogen-bond acceptors (Lipinski definition) is 3. The third kappa shape index (κ3) is 5.98. The van der Waals surface area contributed by atoms with Crippen molar-refractivity contribution in [2.24, 2.45) is 0 Å². The van der Waals surface area contributed by atoms with Gasteiger partial charge in [-0.25, -0.2) is 0 Å². The standard InChI is InChI=1S/C16H13Br2IN2O2S/c1-9-6-10(17)7-13(18)15(9)23-8-14(22)21-16(24)20-12-4-2-11(19)3-5-12/h2-7H,8H2,1H3,(H2,20,21,22,24). The largest absolute Gasteiger partial charge is 0.482 e. The highest BCUT2D eigenvalue weighted by atomic mass is 127. The van der Waals surface area contributed by atoms with Crippen LogP contribution in [0.25, 0.3) is 0 Å². The molecule has 126 valence electrons. The first-order valence-corrected chi connectivity index (χ1v) is 9.87. The van der Waals surface area contributed by atoms with Crippen LogP contribution in [-0.2, 0) is 4.79 Å². The average Bonchev–Trinajstić information content (AvgIpc) is 2.48. The second kappa shape index (κ2) is 9.12. The van der Waals surface area contributed by atoms with E-state index in [0.717, 1.165) is 23.8 Å². The molecule has 0 saturated heterocycles. The predicted molar refractivity (Wildman–Crippen MR) is 116 cm³/mol. The molecule has 2 N–H and O–H groups in total. The van der Waals surface area contributed by atoms with Crippen molar-refractivity contribution in [2.45, 2.75) is 6.92 Å². The number of hydrogen-bond donors (Lipinski definition) is 2. The quantitative estimate of drug-likeness (QED) is 0.392. The molecule has 1 amide bonds. The Morgan fingerprint density at radius 1 is 1.25 bits per heavy atom. The SMILES string of the molecule is Cc1cc(Br)cc(Br)c1OCC(=O)NC(=S)Nc1ccc(I)cc1. The molecule has 0 heterocycles. The summed E-state index contributed by atoms with van der Waals surface area (Å²) in [5, 5.41) is 5.78. The molecule has 0 saturated carbocycles. The fourth-order valence-electron chi connectivity index (χ4n) is 1.87. The van der Waals surface area contributed by atoms with Crippen LogP contribution in [0.3, 0.4) is 0 Å². The van der Waals surface area contributed by atoms with Crippen LogP contribution in [0.4, 0.5) is 5.69 Å². The van der Waals surface area contributed by atoms with E-state index in [1.807, 2.05) is 43.3 Å². The number of halogens is 3. The van der Waals surface area contributed by atoms with Crippen molar-refractivity contribution in [3.63, 3.8) is 0 Å². The predicted octanol–water partition coefficient (Wildman–Crippen LogP) is 5.02. The summed E-state index contributed by atoms with van der Waals surface area (Å²) in [6.07, 6.45) is 0. The highest BCUT2D eigenvalue weighted by molar-refractivity contribution is 14.1. The summed E-state index contributed by atoms with van der Waals surface area (Å²) in [5.74, 6) is 0.303. The Kier molecular flexibility index (Phi) is 7.45. The van der Waals surface area contributed by atoms with Gasteiger partial charge in [0, 0.05) is 13.7 Å². The highest BCUT2D eigenvalue weighted by Gasteiger charge is 2.11. The number of nitrogens with one attached hydrogen (secondary N) is 2. The van der Waals surface area contributed by atoms with Gasteiger partial charge in [0.05, 0.1) is 4.47 Å². The maximum Gasteiger partial charge on any atom is 0.264 e. The molecule has 24 heavy (non-hydrogen) atoms. The maximum atomic E-state index is 12.0. The summed E-state index contributed by atoms with van der Waals surface area (Å²) < 4.78 is 8.42. The maximum absolute atomic E-state index is 12.0. The van der Waals surface area contributed by atoms with Crippen LogP contribution in [0.15, 0.2) is 45.3 Å². The molecule has 0 spiro atoms. The van der Waals surface area contributed by atoms with E-state index in [2.05, 4.69) is 65.1 Å². The fraction of sp³-hybridized carbons (Fsp3) is 0.125. The van der Waals surface area contributed by atoms with E-state index in [9.17, 15) is 4.79 Å². The average molecular weight is 584 g/mol. The van der Waals surface area contributed by atoms with E-state index in [1.165, 1.54) is 0 Å². The van der Waals surface area contributed by atoms with Crippen molar-refractivity contribution in [3.8, 4) is 5.75 Å². The van der Waals surface area contributed by atoms with Gasteiger partial charge in [0.25, 0.3) is 5.91 Å². The van der Waals surface area contributed by atoms with Crippen LogP contribution in [0.2, 0.25) is 0 Å². The number of carbonyl (C=O) groups is 1. The number of rotatable bonds is 4. The smallest absolute Gasteiger partial charge is 0.264 e. The van der Waals surface area contributed by atoms with Crippen LogP contribution in [-0.4, -0.2) is 17.6 Å². The van der Waals surface area contributed by atoms with E-state index < -0.39 is 0 Å². The van der Waals surface area contributed by atoms with Crippen molar-refractivity contribution in [3.05, 3.63) is 54.5 Å². The molecule has 0 fully saturated rings. The fourth-order valence-corrected chi connectivity index (χ4v) is 4.01. The molecule has 2 aromatic carbocycles. The van der Waals surface area contributed by atoms with E-state index in [0.29, 0.717) is 5.75 Å². The van der Waals surface area contributed by atoms with Gasteiger partial charge in [-0.15, -0.1) is 0 Å². The lowest BCUT2D eigenvalue weighted by Crippen LogP contribution is -2.37. The monoisotopic (exact) mass is 582 g/mol. The molecule has 0 aliphatic rings. The minimum Gasteiger partial charge on any atom is -0.482 e. The zero-order valence-corrected chi connectivity index (χ0v) is 18.7. The summed E-state index contributed by atoms with van der Waals surface area (Å²) in [4.78, 5) is 12.0. The second-order valence-corrected chi connectivity index (χ2v) is 8.26. The number of anilines is 1. The molecule has 0 atom stereocenters. The molecule has 2 rings (SSSR count). The van der Waals surface area contributed by atoms with Crippen molar-refractivity contribution in [1.82, 2.24) is 5.32 Å². The molecule has 2 aromatic rings. The minimum atomic E-state index is -0.327. The van der Waals surface area contributed by atoms with Gasteiger partial charge in [-0.1, -0.05) is 15.9 Å².